The van der Waals surface area contributed by atoms with Gasteiger partial charge in [0.15, 0.2) is 0 Å². The highest BCUT2D eigenvalue weighted by molar-refractivity contribution is 5.38. The molecule has 0 N–H and O–H groups in total. The number of alkyl halides is 3. The molecule has 0 aliphatic carbocycles. The molecule has 0 aliphatic rings. The SMILES string of the molecule is CC(C)(C)c1ccccc1OC(F)(F)F. The molecule has 0 saturated heterocycles. The Hall–Kier alpha value is -1.19. The molecule has 1 aromatic rings. The van der Waals surface area contributed by atoms with E-state index in [4.69, 9.17) is 0 Å². The van der Waals surface area contributed by atoms with E-state index in [0.717, 1.165) is 0 Å². The Kier molecular flexibility index (Phi) is 2.98. The number of ether oxygens (including phenoxy) is 1. The molecule has 0 unspecified atom stereocenters. The van der Waals surface area contributed by atoms with Crippen LogP contribution in [-0.2, 0) is 5.41 Å². The van der Waals surface area contributed by atoms with Crippen molar-refractivity contribution in [2.75, 3.05) is 0 Å². The molecular weight excluding hydrogens is 205 g/mol. The van der Waals surface area contributed by atoms with Gasteiger partial charge in [-0.25, -0.2) is 0 Å². The summed E-state index contributed by atoms with van der Waals surface area (Å²) in [5.74, 6) is -0.127. The first-order valence-corrected chi connectivity index (χ1v) is 4.55. The Bertz CT molecular complexity index is 336. The van der Waals surface area contributed by atoms with Gasteiger partial charge in [0.05, 0.1) is 0 Å². The number of halogens is 3. The van der Waals surface area contributed by atoms with Gasteiger partial charge in [0.1, 0.15) is 5.75 Å². The molecule has 0 aromatic heterocycles. The van der Waals surface area contributed by atoms with Gasteiger partial charge in [-0.15, -0.1) is 13.2 Å². The monoisotopic (exact) mass is 218 g/mol. The van der Waals surface area contributed by atoms with E-state index in [1.807, 2.05) is 20.8 Å². The lowest BCUT2D eigenvalue weighted by molar-refractivity contribution is -0.275. The summed E-state index contributed by atoms with van der Waals surface area (Å²) >= 11 is 0. The van der Waals surface area contributed by atoms with Crippen LogP contribution in [-0.4, -0.2) is 6.36 Å². The molecule has 0 atom stereocenters. The van der Waals surface area contributed by atoms with E-state index in [0.29, 0.717) is 5.56 Å². The van der Waals surface area contributed by atoms with Gasteiger partial charge in [-0.2, -0.15) is 0 Å². The van der Waals surface area contributed by atoms with E-state index < -0.39 is 6.36 Å². The third kappa shape index (κ3) is 3.46. The second kappa shape index (κ2) is 3.76. The third-order valence-electron chi connectivity index (χ3n) is 1.92. The fraction of sp³-hybridized carbons (Fsp3) is 0.455. The zero-order chi connectivity index (χ0) is 11.7. The molecule has 84 valence electrons. The number of benzene rings is 1. The van der Waals surface area contributed by atoms with Gasteiger partial charge in [-0.3, -0.25) is 0 Å². The van der Waals surface area contributed by atoms with Crippen LogP contribution in [0.15, 0.2) is 24.3 Å². The van der Waals surface area contributed by atoms with Gasteiger partial charge < -0.3 is 4.74 Å². The quantitative estimate of drug-likeness (QED) is 0.695. The molecule has 0 radical (unpaired) electrons. The van der Waals surface area contributed by atoms with Crippen molar-refractivity contribution < 1.29 is 17.9 Å². The smallest absolute Gasteiger partial charge is 0.405 e. The van der Waals surface area contributed by atoms with E-state index in [1.165, 1.54) is 12.1 Å². The van der Waals surface area contributed by atoms with Gasteiger partial charge in [-0.05, 0) is 17.0 Å². The van der Waals surface area contributed by atoms with Crippen LogP contribution >= 0.6 is 0 Å². The molecule has 0 bridgehead atoms. The van der Waals surface area contributed by atoms with Crippen molar-refractivity contribution in [1.82, 2.24) is 0 Å². The Morgan fingerprint density at radius 1 is 1.00 bits per heavy atom. The van der Waals surface area contributed by atoms with Crippen LogP contribution in [0.1, 0.15) is 26.3 Å². The molecule has 0 saturated carbocycles. The fourth-order valence-corrected chi connectivity index (χ4v) is 1.30. The summed E-state index contributed by atoms with van der Waals surface area (Å²) in [4.78, 5) is 0. The molecule has 1 nitrogen and oxygen atoms in total. The normalized spacial score (nSPS) is 12.7. The van der Waals surface area contributed by atoms with E-state index in [2.05, 4.69) is 4.74 Å². The van der Waals surface area contributed by atoms with Crippen molar-refractivity contribution in [1.29, 1.82) is 0 Å². The minimum Gasteiger partial charge on any atom is -0.405 e. The molecular formula is C11H13F3O. The Labute approximate surface area is 86.9 Å². The second-order valence-corrected chi connectivity index (χ2v) is 4.29. The topological polar surface area (TPSA) is 9.23 Å². The highest BCUT2D eigenvalue weighted by Gasteiger charge is 2.33. The van der Waals surface area contributed by atoms with Crippen LogP contribution in [0.5, 0.6) is 5.75 Å². The van der Waals surface area contributed by atoms with E-state index >= 15 is 0 Å². The molecule has 0 fully saturated rings. The van der Waals surface area contributed by atoms with Crippen LogP contribution in [0.25, 0.3) is 0 Å². The predicted octanol–water partition coefficient (Wildman–Crippen LogP) is 3.88. The average Bonchev–Trinajstić information content (AvgIpc) is 1.99. The minimum absolute atomic E-state index is 0.127. The van der Waals surface area contributed by atoms with Gasteiger partial charge in [0.2, 0.25) is 0 Å². The van der Waals surface area contributed by atoms with Crippen LogP contribution in [0.4, 0.5) is 13.2 Å². The lowest BCUT2D eigenvalue weighted by Crippen LogP contribution is -2.21. The summed E-state index contributed by atoms with van der Waals surface area (Å²) in [6, 6.07) is 6.19. The summed E-state index contributed by atoms with van der Waals surface area (Å²) in [7, 11) is 0. The number of rotatable bonds is 1. The fourth-order valence-electron chi connectivity index (χ4n) is 1.30. The van der Waals surface area contributed by atoms with Gasteiger partial charge in [0.25, 0.3) is 0 Å². The van der Waals surface area contributed by atoms with E-state index in [1.54, 1.807) is 12.1 Å². The Morgan fingerprint density at radius 2 is 1.53 bits per heavy atom. The van der Waals surface area contributed by atoms with E-state index in [-0.39, 0.29) is 11.2 Å². The number of hydrogen-bond acceptors (Lipinski definition) is 1. The van der Waals surface area contributed by atoms with Crippen LogP contribution in [0.2, 0.25) is 0 Å². The maximum absolute atomic E-state index is 12.1. The zero-order valence-corrected chi connectivity index (χ0v) is 8.85. The molecule has 1 rings (SSSR count). The molecule has 4 heteroatoms. The predicted molar refractivity (Wildman–Crippen MR) is 51.8 cm³/mol. The number of para-hydroxylation sites is 1. The summed E-state index contributed by atoms with van der Waals surface area (Å²) in [6.07, 6.45) is -4.64. The number of hydrogen-bond donors (Lipinski definition) is 0. The standard InChI is InChI=1S/C11H13F3O/c1-10(2,3)8-6-4-5-7-9(8)15-11(12,13)14/h4-7H,1-3H3. The van der Waals surface area contributed by atoms with Crippen LogP contribution in [0, 0.1) is 0 Å². The Morgan fingerprint density at radius 3 is 2.00 bits per heavy atom. The molecule has 15 heavy (non-hydrogen) atoms. The zero-order valence-electron chi connectivity index (χ0n) is 8.85. The summed E-state index contributed by atoms with van der Waals surface area (Å²) in [5, 5.41) is 0. The lowest BCUT2D eigenvalue weighted by atomic mass is 9.86. The van der Waals surface area contributed by atoms with Crippen molar-refractivity contribution in [3.63, 3.8) is 0 Å². The largest absolute Gasteiger partial charge is 0.573 e. The molecule has 1 aromatic carbocycles. The van der Waals surface area contributed by atoms with Crippen molar-refractivity contribution in [2.24, 2.45) is 0 Å². The van der Waals surface area contributed by atoms with Crippen LogP contribution < -0.4 is 4.74 Å². The van der Waals surface area contributed by atoms with Crippen molar-refractivity contribution >= 4 is 0 Å². The van der Waals surface area contributed by atoms with Gasteiger partial charge >= 0.3 is 6.36 Å². The summed E-state index contributed by atoms with van der Waals surface area (Å²) in [6.45, 7) is 5.52. The molecule has 0 heterocycles. The van der Waals surface area contributed by atoms with Crippen molar-refractivity contribution in [3.8, 4) is 5.75 Å². The van der Waals surface area contributed by atoms with Gasteiger partial charge in [0, 0.05) is 0 Å². The summed E-state index contributed by atoms with van der Waals surface area (Å²) < 4.78 is 40.2. The maximum Gasteiger partial charge on any atom is 0.573 e. The van der Waals surface area contributed by atoms with Crippen LogP contribution in [0.3, 0.4) is 0 Å². The minimum atomic E-state index is -4.64. The second-order valence-electron chi connectivity index (χ2n) is 4.29. The van der Waals surface area contributed by atoms with Crippen molar-refractivity contribution in [3.05, 3.63) is 29.8 Å². The van der Waals surface area contributed by atoms with Crippen molar-refractivity contribution in [2.45, 2.75) is 32.5 Å². The first-order chi connectivity index (χ1) is 6.70. The first-order valence-electron chi connectivity index (χ1n) is 4.55. The average molecular weight is 218 g/mol. The first kappa shape index (κ1) is 11.9. The summed E-state index contributed by atoms with van der Waals surface area (Å²) in [5.41, 5.74) is 0.171. The third-order valence-corrected chi connectivity index (χ3v) is 1.92. The lowest BCUT2D eigenvalue weighted by Gasteiger charge is -2.22. The highest BCUT2D eigenvalue weighted by Crippen LogP contribution is 2.34. The molecule has 0 aliphatic heterocycles. The maximum atomic E-state index is 12.1. The highest BCUT2D eigenvalue weighted by atomic mass is 19.4. The van der Waals surface area contributed by atoms with E-state index in [9.17, 15) is 13.2 Å². The Balaban J connectivity index is 3.08. The molecule has 0 amide bonds. The molecule has 0 spiro atoms. The van der Waals surface area contributed by atoms with Gasteiger partial charge in [-0.1, -0.05) is 39.0 Å².